The minimum atomic E-state index is -0.640. The van der Waals surface area contributed by atoms with E-state index in [1.165, 1.54) is 12.1 Å². The van der Waals surface area contributed by atoms with Gasteiger partial charge in [-0.25, -0.2) is 4.39 Å². The van der Waals surface area contributed by atoms with Crippen molar-refractivity contribution in [2.45, 2.75) is 19.4 Å². The van der Waals surface area contributed by atoms with E-state index in [2.05, 4.69) is 4.90 Å². The van der Waals surface area contributed by atoms with Crippen molar-refractivity contribution in [2.24, 2.45) is 0 Å². The number of hydrogen-bond donors (Lipinski definition) is 0. The highest BCUT2D eigenvalue weighted by Crippen LogP contribution is 2.38. The van der Waals surface area contributed by atoms with Crippen molar-refractivity contribution in [2.75, 3.05) is 39.4 Å². The minimum Gasteiger partial charge on any atom is -0.450 e. The second-order valence-electron chi connectivity index (χ2n) is 8.53. The molecule has 1 fully saturated rings. The van der Waals surface area contributed by atoms with Gasteiger partial charge < -0.3 is 14.1 Å². The lowest BCUT2D eigenvalue weighted by atomic mass is 9.98. The van der Waals surface area contributed by atoms with Crippen molar-refractivity contribution >= 4 is 28.5 Å². The van der Waals surface area contributed by atoms with Crippen molar-refractivity contribution in [1.29, 1.82) is 0 Å². The molecule has 1 unspecified atom stereocenters. The third-order valence-electron chi connectivity index (χ3n) is 6.41. The Morgan fingerprint density at radius 2 is 1.82 bits per heavy atom. The van der Waals surface area contributed by atoms with Gasteiger partial charge in [-0.1, -0.05) is 23.7 Å². The molecule has 1 atom stereocenters. The monoisotopic (exact) mass is 470 g/mol. The first-order chi connectivity index (χ1) is 15.9. The number of aryl methyl sites for hydroxylation is 1. The molecule has 172 valence electrons. The largest absolute Gasteiger partial charge is 0.450 e. The average Bonchev–Trinajstić information content (AvgIpc) is 3.09. The molecule has 6 nitrogen and oxygen atoms in total. The van der Waals surface area contributed by atoms with Crippen LogP contribution in [0.5, 0.6) is 0 Å². The van der Waals surface area contributed by atoms with Gasteiger partial charge >= 0.3 is 0 Å². The van der Waals surface area contributed by atoms with Gasteiger partial charge in [-0.05, 0) is 48.7 Å². The molecule has 2 aliphatic rings. The Kier molecular flexibility index (Phi) is 5.95. The molecule has 0 aliphatic carbocycles. The molecule has 0 radical (unpaired) electrons. The summed E-state index contributed by atoms with van der Waals surface area (Å²) < 4.78 is 25.0. The van der Waals surface area contributed by atoms with Gasteiger partial charge in [0.15, 0.2) is 5.43 Å². The van der Waals surface area contributed by atoms with Crippen LogP contribution in [-0.2, 0) is 4.74 Å². The fraction of sp³-hybridized carbons (Fsp3) is 0.360. The van der Waals surface area contributed by atoms with E-state index in [4.69, 9.17) is 20.8 Å². The van der Waals surface area contributed by atoms with E-state index in [1.54, 1.807) is 29.2 Å². The molecule has 8 heteroatoms. The molecule has 3 aromatic rings. The molecule has 0 N–H and O–H groups in total. The Hall–Kier alpha value is -2.74. The normalized spacial score (nSPS) is 18.8. The predicted octanol–water partition coefficient (Wildman–Crippen LogP) is 4.16. The smallest absolute Gasteiger partial charge is 0.290 e. The molecule has 0 spiro atoms. The lowest BCUT2D eigenvalue weighted by Crippen LogP contribution is -2.38. The zero-order valence-corrected chi connectivity index (χ0v) is 19.0. The maximum absolute atomic E-state index is 13.6. The number of morpholine rings is 1. The van der Waals surface area contributed by atoms with Crippen LogP contribution in [0.25, 0.3) is 11.0 Å². The average molecular weight is 471 g/mol. The van der Waals surface area contributed by atoms with E-state index >= 15 is 0 Å². The fourth-order valence-electron chi connectivity index (χ4n) is 4.65. The van der Waals surface area contributed by atoms with E-state index in [0.717, 1.165) is 31.6 Å². The van der Waals surface area contributed by atoms with Crippen LogP contribution in [-0.4, -0.2) is 55.1 Å². The number of halogens is 2. The van der Waals surface area contributed by atoms with Crippen LogP contribution in [0.3, 0.4) is 0 Å². The van der Waals surface area contributed by atoms with E-state index in [1.807, 2.05) is 6.92 Å². The molecule has 5 rings (SSSR count). The maximum atomic E-state index is 13.6. The number of amides is 1. The third-order valence-corrected chi connectivity index (χ3v) is 6.82. The summed E-state index contributed by atoms with van der Waals surface area (Å²) in [6.07, 6.45) is 0.732. The van der Waals surface area contributed by atoms with Crippen molar-refractivity contribution in [3.05, 3.63) is 79.9 Å². The van der Waals surface area contributed by atoms with Gasteiger partial charge in [0.05, 0.1) is 30.2 Å². The lowest BCUT2D eigenvalue weighted by Gasteiger charge is -2.29. The summed E-state index contributed by atoms with van der Waals surface area (Å²) in [6, 6.07) is 8.54. The first-order valence-corrected chi connectivity index (χ1v) is 11.4. The molecule has 0 bridgehead atoms. The van der Waals surface area contributed by atoms with Gasteiger partial charge in [0.1, 0.15) is 11.4 Å². The van der Waals surface area contributed by atoms with Crippen LogP contribution in [0, 0.1) is 12.7 Å². The van der Waals surface area contributed by atoms with Crippen molar-refractivity contribution in [3.63, 3.8) is 0 Å². The highest BCUT2D eigenvalue weighted by molar-refractivity contribution is 6.32. The van der Waals surface area contributed by atoms with E-state index in [9.17, 15) is 14.0 Å². The Labute approximate surface area is 195 Å². The van der Waals surface area contributed by atoms with Crippen molar-refractivity contribution in [3.8, 4) is 0 Å². The third kappa shape index (κ3) is 4.05. The zero-order chi connectivity index (χ0) is 23.1. The molecule has 33 heavy (non-hydrogen) atoms. The first-order valence-electron chi connectivity index (χ1n) is 11.1. The number of nitrogens with zero attached hydrogens (tertiary/aromatic N) is 2. The summed E-state index contributed by atoms with van der Waals surface area (Å²) >= 11 is 6.27. The fourth-order valence-corrected chi connectivity index (χ4v) is 4.82. The summed E-state index contributed by atoms with van der Waals surface area (Å²) in [6.45, 7) is 6.21. The summed E-state index contributed by atoms with van der Waals surface area (Å²) in [5.41, 5.74) is 1.76. The number of benzene rings is 2. The number of carbonyl (C=O) groups excluding carboxylic acids is 1. The molecule has 0 saturated carbocycles. The number of hydrogen-bond acceptors (Lipinski definition) is 5. The second kappa shape index (κ2) is 8.89. The van der Waals surface area contributed by atoms with Crippen LogP contribution in [0.2, 0.25) is 5.02 Å². The number of rotatable bonds is 5. The summed E-state index contributed by atoms with van der Waals surface area (Å²) in [5, 5.41) is 0.791. The van der Waals surface area contributed by atoms with Gasteiger partial charge in [-0.15, -0.1) is 0 Å². The van der Waals surface area contributed by atoms with Gasteiger partial charge in [0, 0.05) is 31.2 Å². The van der Waals surface area contributed by atoms with Gasteiger partial charge in [-0.3, -0.25) is 14.5 Å². The van der Waals surface area contributed by atoms with Gasteiger partial charge in [0.25, 0.3) is 5.91 Å². The van der Waals surface area contributed by atoms with Crippen LogP contribution in [0.15, 0.2) is 45.6 Å². The number of carbonyl (C=O) groups is 1. The predicted molar refractivity (Wildman–Crippen MR) is 123 cm³/mol. The van der Waals surface area contributed by atoms with Gasteiger partial charge in [0.2, 0.25) is 5.76 Å². The molecule has 2 aromatic carbocycles. The summed E-state index contributed by atoms with van der Waals surface area (Å²) in [4.78, 5) is 31.0. The van der Waals surface area contributed by atoms with Crippen LogP contribution in [0.4, 0.5) is 4.39 Å². The number of fused-ring (bicyclic) bond motifs is 2. The SMILES string of the molecule is Cc1cc2oc3c(c(=O)c2cc1Cl)C(c1ccc(F)cc1)N(CCCN1CCOCC1)C3=O. The number of ether oxygens (including phenoxy) is 1. The molecule has 1 aromatic heterocycles. The molecule has 3 heterocycles. The maximum Gasteiger partial charge on any atom is 0.290 e. The van der Waals surface area contributed by atoms with E-state index < -0.39 is 6.04 Å². The lowest BCUT2D eigenvalue weighted by molar-refractivity contribution is 0.0353. The molecular formula is C25H24ClFN2O4. The highest BCUT2D eigenvalue weighted by Gasteiger charge is 2.42. The van der Waals surface area contributed by atoms with Crippen molar-refractivity contribution in [1.82, 2.24) is 9.80 Å². The molecule has 2 aliphatic heterocycles. The standard InChI is InChI=1S/C25H24ClFN2O4/c1-15-13-20-18(14-19(15)26)23(30)21-22(16-3-5-17(27)6-4-16)29(25(31)24(21)33-20)8-2-7-28-9-11-32-12-10-28/h3-6,13-14,22H,2,7-12H2,1H3. The molecule has 1 amide bonds. The Morgan fingerprint density at radius 3 is 2.55 bits per heavy atom. The van der Waals surface area contributed by atoms with E-state index in [-0.39, 0.29) is 28.5 Å². The quantitative estimate of drug-likeness (QED) is 0.560. The van der Waals surface area contributed by atoms with E-state index in [0.29, 0.717) is 41.3 Å². The zero-order valence-electron chi connectivity index (χ0n) is 18.3. The van der Waals surface area contributed by atoms with Gasteiger partial charge in [-0.2, -0.15) is 0 Å². The Morgan fingerprint density at radius 1 is 1.09 bits per heavy atom. The second-order valence-corrected chi connectivity index (χ2v) is 8.94. The minimum absolute atomic E-state index is 0.0509. The summed E-state index contributed by atoms with van der Waals surface area (Å²) in [5.74, 6) is -0.655. The van der Waals surface area contributed by atoms with Crippen molar-refractivity contribution < 1.29 is 18.3 Å². The molecule has 1 saturated heterocycles. The first kappa shape index (κ1) is 22.1. The summed E-state index contributed by atoms with van der Waals surface area (Å²) in [7, 11) is 0. The van der Waals surface area contributed by atoms with Crippen LogP contribution < -0.4 is 5.43 Å². The van der Waals surface area contributed by atoms with Crippen LogP contribution >= 0.6 is 11.6 Å². The Balaban J connectivity index is 1.55. The van der Waals surface area contributed by atoms with Crippen LogP contribution in [0.1, 0.15) is 39.7 Å². The molecular weight excluding hydrogens is 447 g/mol. The Bertz CT molecular complexity index is 1270. The topological polar surface area (TPSA) is 63.0 Å². The highest BCUT2D eigenvalue weighted by atomic mass is 35.5.